The zero-order valence-corrected chi connectivity index (χ0v) is 14.9. The standard InChI is InChI=1S/C25H14N2O/c1-2-8-15(9-3-1)25-26-19-14-18-16-10-4-6-12-20(16)27-21-13-7-5-11-17(21)22(23(18)27)24(19)28-25/h1-14H. The number of oxazole rings is 1. The van der Waals surface area contributed by atoms with Gasteiger partial charge in [0.05, 0.1) is 21.9 Å². The molecule has 0 bridgehead atoms. The summed E-state index contributed by atoms with van der Waals surface area (Å²) in [4.78, 5) is 4.85. The average molecular weight is 358 g/mol. The van der Waals surface area contributed by atoms with E-state index in [9.17, 15) is 0 Å². The smallest absolute Gasteiger partial charge is 0.227 e. The Balaban J connectivity index is 1.77. The molecule has 7 rings (SSSR count). The lowest BCUT2D eigenvalue weighted by molar-refractivity contribution is 0.623. The molecule has 0 aliphatic rings. The normalized spacial score (nSPS) is 12.3. The number of fused-ring (bicyclic) bond motifs is 8. The van der Waals surface area contributed by atoms with E-state index in [0.29, 0.717) is 5.89 Å². The van der Waals surface area contributed by atoms with Crippen LogP contribution in [0.4, 0.5) is 0 Å². The molecule has 130 valence electrons. The van der Waals surface area contributed by atoms with Crippen molar-refractivity contribution in [2.75, 3.05) is 0 Å². The second kappa shape index (κ2) is 4.90. The Morgan fingerprint density at radius 2 is 1.36 bits per heavy atom. The van der Waals surface area contributed by atoms with Crippen molar-refractivity contribution in [3.8, 4) is 11.5 Å². The van der Waals surface area contributed by atoms with E-state index in [0.717, 1.165) is 22.0 Å². The molecule has 0 saturated heterocycles. The fraction of sp³-hybridized carbons (Fsp3) is 0. The first-order chi connectivity index (χ1) is 13.9. The Hall–Kier alpha value is -3.85. The number of hydrogen-bond donors (Lipinski definition) is 0. The van der Waals surface area contributed by atoms with Gasteiger partial charge in [-0.25, -0.2) is 4.98 Å². The highest BCUT2D eigenvalue weighted by Gasteiger charge is 2.22. The summed E-state index contributed by atoms with van der Waals surface area (Å²) >= 11 is 0. The Morgan fingerprint density at radius 1 is 0.679 bits per heavy atom. The maximum absolute atomic E-state index is 6.35. The number of rotatable bonds is 1. The molecule has 0 aliphatic heterocycles. The van der Waals surface area contributed by atoms with Gasteiger partial charge in [-0.2, -0.15) is 0 Å². The van der Waals surface area contributed by atoms with Gasteiger partial charge in [0.1, 0.15) is 5.52 Å². The number of benzene rings is 4. The number of para-hydroxylation sites is 2. The second-order valence-electron chi connectivity index (χ2n) is 7.25. The molecule has 3 heteroatoms. The first-order valence-electron chi connectivity index (χ1n) is 9.42. The third-order valence-corrected chi connectivity index (χ3v) is 5.75. The van der Waals surface area contributed by atoms with E-state index >= 15 is 0 Å². The zero-order valence-electron chi connectivity index (χ0n) is 14.9. The van der Waals surface area contributed by atoms with E-state index in [1.165, 1.54) is 32.7 Å². The number of nitrogens with zero attached hydrogens (tertiary/aromatic N) is 2. The second-order valence-corrected chi connectivity index (χ2v) is 7.25. The number of hydrogen-bond acceptors (Lipinski definition) is 2. The highest BCUT2D eigenvalue weighted by Crippen LogP contribution is 2.43. The molecule has 0 saturated carbocycles. The Bertz CT molecular complexity index is 1650. The van der Waals surface area contributed by atoms with Crippen molar-refractivity contribution in [2.24, 2.45) is 0 Å². The van der Waals surface area contributed by atoms with Gasteiger partial charge in [-0.3, -0.25) is 0 Å². The van der Waals surface area contributed by atoms with Crippen LogP contribution < -0.4 is 0 Å². The van der Waals surface area contributed by atoms with Crippen LogP contribution in [0.3, 0.4) is 0 Å². The van der Waals surface area contributed by atoms with E-state index < -0.39 is 0 Å². The molecule has 0 aliphatic carbocycles. The van der Waals surface area contributed by atoms with E-state index in [1.54, 1.807) is 0 Å². The monoisotopic (exact) mass is 358 g/mol. The topological polar surface area (TPSA) is 30.4 Å². The van der Waals surface area contributed by atoms with Crippen molar-refractivity contribution in [1.29, 1.82) is 0 Å². The van der Waals surface area contributed by atoms with Crippen molar-refractivity contribution in [3.05, 3.63) is 84.9 Å². The Kier molecular flexibility index (Phi) is 2.49. The molecule has 0 atom stereocenters. The lowest BCUT2D eigenvalue weighted by Gasteiger charge is -1.96. The van der Waals surface area contributed by atoms with Gasteiger partial charge in [0.25, 0.3) is 0 Å². The van der Waals surface area contributed by atoms with Gasteiger partial charge in [-0.05, 0) is 30.3 Å². The predicted molar refractivity (Wildman–Crippen MR) is 114 cm³/mol. The molecular formula is C25H14N2O. The van der Waals surface area contributed by atoms with Crippen LogP contribution in [-0.4, -0.2) is 9.38 Å². The van der Waals surface area contributed by atoms with Gasteiger partial charge in [0, 0.05) is 21.7 Å². The van der Waals surface area contributed by atoms with E-state index in [4.69, 9.17) is 9.40 Å². The molecule has 3 heterocycles. The van der Waals surface area contributed by atoms with Crippen LogP contribution in [-0.2, 0) is 0 Å². The Labute approximate surface area is 159 Å². The summed E-state index contributed by atoms with van der Waals surface area (Å²) in [5.74, 6) is 0.666. The number of aromatic nitrogens is 2. The Morgan fingerprint density at radius 3 is 2.18 bits per heavy atom. The van der Waals surface area contributed by atoms with Crippen LogP contribution in [0.15, 0.2) is 89.3 Å². The minimum atomic E-state index is 0.666. The fourth-order valence-corrected chi connectivity index (χ4v) is 4.59. The van der Waals surface area contributed by atoms with Crippen molar-refractivity contribution >= 4 is 49.2 Å². The lowest BCUT2D eigenvalue weighted by Crippen LogP contribution is -1.78. The molecular weight excluding hydrogens is 344 g/mol. The largest absolute Gasteiger partial charge is 0.435 e. The van der Waals surface area contributed by atoms with Gasteiger partial charge in [0.2, 0.25) is 5.89 Å². The maximum Gasteiger partial charge on any atom is 0.227 e. The van der Waals surface area contributed by atoms with Crippen LogP contribution in [0.5, 0.6) is 0 Å². The molecule has 7 aromatic rings. The predicted octanol–water partition coefficient (Wildman–Crippen LogP) is 6.64. The van der Waals surface area contributed by atoms with Crippen LogP contribution in [0, 0.1) is 0 Å². The van der Waals surface area contributed by atoms with Crippen LogP contribution in [0.2, 0.25) is 0 Å². The van der Waals surface area contributed by atoms with Crippen LogP contribution in [0.25, 0.3) is 60.6 Å². The van der Waals surface area contributed by atoms with E-state index in [-0.39, 0.29) is 0 Å². The molecule has 3 aromatic heterocycles. The maximum atomic E-state index is 6.35. The third kappa shape index (κ3) is 1.62. The van der Waals surface area contributed by atoms with Gasteiger partial charge in [-0.1, -0.05) is 54.6 Å². The molecule has 0 unspecified atom stereocenters. The first kappa shape index (κ1) is 14.2. The highest BCUT2D eigenvalue weighted by molar-refractivity contribution is 6.29. The van der Waals surface area contributed by atoms with E-state index in [1.807, 2.05) is 30.3 Å². The summed E-state index contributed by atoms with van der Waals surface area (Å²) in [5.41, 5.74) is 6.40. The molecule has 3 nitrogen and oxygen atoms in total. The summed E-state index contributed by atoms with van der Waals surface area (Å²) in [6, 6.07) is 29.4. The summed E-state index contributed by atoms with van der Waals surface area (Å²) in [6.45, 7) is 0. The van der Waals surface area contributed by atoms with Crippen LogP contribution >= 0.6 is 0 Å². The molecule has 0 amide bonds. The summed E-state index contributed by atoms with van der Waals surface area (Å²) in [7, 11) is 0. The lowest BCUT2D eigenvalue weighted by atomic mass is 10.1. The average Bonchev–Trinajstić information content (AvgIpc) is 3.42. The SMILES string of the molecule is c1ccc(-c2nc3cc4c5ccccc5n5c6ccccc6c(c3o2)c45)cc1. The van der Waals surface area contributed by atoms with Crippen molar-refractivity contribution < 1.29 is 4.42 Å². The molecule has 28 heavy (non-hydrogen) atoms. The first-order valence-corrected chi connectivity index (χ1v) is 9.42. The third-order valence-electron chi connectivity index (χ3n) is 5.75. The summed E-state index contributed by atoms with van der Waals surface area (Å²) in [6.07, 6.45) is 0. The van der Waals surface area contributed by atoms with Gasteiger partial charge < -0.3 is 8.82 Å². The quantitative estimate of drug-likeness (QED) is 0.329. The minimum Gasteiger partial charge on any atom is -0.435 e. The van der Waals surface area contributed by atoms with Crippen molar-refractivity contribution in [3.63, 3.8) is 0 Å². The summed E-state index contributed by atoms with van der Waals surface area (Å²) < 4.78 is 8.71. The zero-order chi connectivity index (χ0) is 18.2. The molecule has 0 fully saturated rings. The van der Waals surface area contributed by atoms with Crippen LogP contribution in [0.1, 0.15) is 0 Å². The molecule has 4 aromatic carbocycles. The van der Waals surface area contributed by atoms with Gasteiger partial charge >= 0.3 is 0 Å². The fourth-order valence-electron chi connectivity index (χ4n) is 4.59. The van der Waals surface area contributed by atoms with Crippen molar-refractivity contribution in [2.45, 2.75) is 0 Å². The summed E-state index contributed by atoms with van der Waals surface area (Å²) in [5, 5.41) is 4.82. The van der Waals surface area contributed by atoms with Gasteiger partial charge in [-0.15, -0.1) is 0 Å². The molecule has 0 radical (unpaired) electrons. The molecule has 0 spiro atoms. The highest BCUT2D eigenvalue weighted by atomic mass is 16.3. The van der Waals surface area contributed by atoms with Gasteiger partial charge in [0.15, 0.2) is 5.58 Å². The molecule has 0 N–H and O–H groups in total. The van der Waals surface area contributed by atoms with E-state index in [2.05, 4.69) is 59.0 Å². The van der Waals surface area contributed by atoms with Crippen molar-refractivity contribution in [1.82, 2.24) is 9.38 Å². The minimum absolute atomic E-state index is 0.666.